The average molecular weight is 398 g/mol. The highest BCUT2D eigenvalue weighted by atomic mass is 35.5. The number of anilines is 1. The number of hydrogen-bond acceptors (Lipinski definition) is 5. The van der Waals surface area contributed by atoms with Gasteiger partial charge in [0.25, 0.3) is 5.91 Å². The molecule has 0 fully saturated rings. The number of esters is 1. The van der Waals surface area contributed by atoms with Crippen molar-refractivity contribution in [3.63, 3.8) is 0 Å². The van der Waals surface area contributed by atoms with Gasteiger partial charge in [-0.3, -0.25) is 14.0 Å². The molecule has 1 aromatic carbocycles. The fourth-order valence-electron chi connectivity index (χ4n) is 2.17. The molecule has 3 rings (SSSR count). The minimum absolute atomic E-state index is 0.00495. The summed E-state index contributed by atoms with van der Waals surface area (Å²) in [6.45, 7) is 1.49. The van der Waals surface area contributed by atoms with Gasteiger partial charge in [0.05, 0.1) is 12.1 Å². The topological polar surface area (TPSA) is 72.7 Å². The van der Waals surface area contributed by atoms with Gasteiger partial charge in [-0.1, -0.05) is 23.2 Å². The predicted molar refractivity (Wildman–Crippen MR) is 97.4 cm³/mol. The Morgan fingerprint density at radius 1 is 1.32 bits per heavy atom. The molecular formula is C16H13Cl2N3O3S. The molecule has 0 aliphatic heterocycles. The number of imidazole rings is 1. The second kappa shape index (κ2) is 7.43. The standard InChI is InChI=1S/C16H13Cl2N3O3S/c1-9(15(23)19-12-5-10(17)4-11(18)6-12)24-14(22)7-13-8-21-2-3-25-16(21)20-13/h2-6,8-9H,7H2,1H3,(H,19,23). The molecule has 2 heterocycles. The first-order valence-electron chi connectivity index (χ1n) is 7.28. The van der Waals surface area contributed by atoms with Crippen LogP contribution in [0.5, 0.6) is 0 Å². The summed E-state index contributed by atoms with van der Waals surface area (Å²) in [6, 6.07) is 4.66. The van der Waals surface area contributed by atoms with E-state index in [1.54, 1.807) is 24.4 Å². The van der Waals surface area contributed by atoms with Crippen LogP contribution in [0.4, 0.5) is 5.69 Å². The summed E-state index contributed by atoms with van der Waals surface area (Å²) in [6.07, 6.45) is 2.64. The van der Waals surface area contributed by atoms with Crippen LogP contribution in [0.25, 0.3) is 4.96 Å². The Hall–Kier alpha value is -2.09. The van der Waals surface area contributed by atoms with Gasteiger partial charge in [0, 0.05) is 33.5 Å². The van der Waals surface area contributed by atoms with Gasteiger partial charge in [-0.25, -0.2) is 4.98 Å². The molecule has 0 bridgehead atoms. The quantitative estimate of drug-likeness (QED) is 0.664. The van der Waals surface area contributed by atoms with E-state index in [1.807, 2.05) is 16.0 Å². The number of halogens is 2. The fraction of sp³-hybridized carbons (Fsp3) is 0.188. The van der Waals surface area contributed by atoms with Crippen LogP contribution in [0.1, 0.15) is 12.6 Å². The fourth-order valence-corrected chi connectivity index (χ4v) is 3.42. The Labute approximate surface area is 157 Å². The first-order chi connectivity index (χ1) is 11.9. The van der Waals surface area contributed by atoms with E-state index in [1.165, 1.54) is 18.3 Å². The molecule has 0 aliphatic rings. The van der Waals surface area contributed by atoms with Crippen molar-refractivity contribution in [2.75, 3.05) is 5.32 Å². The van der Waals surface area contributed by atoms with Crippen LogP contribution in [0.15, 0.2) is 36.0 Å². The maximum Gasteiger partial charge on any atom is 0.312 e. The molecule has 25 heavy (non-hydrogen) atoms. The summed E-state index contributed by atoms with van der Waals surface area (Å²) in [4.78, 5) is 29.2. The predicted octanol–water partition coefficient (Wildman–Crippen LogP) is 3.82. The van der Waals surface area contributed by atoms with Crippen LogP contribution in [0, 0.1) is 0 Å². The number of amides is 1. The van der Waals surface area contributed by atoms with E-state index in [4.69, 9.17) is 27.9 Å². The van der Waals surface area contributed by atoms with E-state index < -0.39 is 18.0 Å². The zero-order valence-electron chi connectivity index (χ0n) is 13.0. The summed E-state index contributed by atoms with van der Waals surface area (Å²) < 4.78 is 6.98. The maximum absolute atomic E-state index is 12.1. The second-order valence-electron chi connectivity index (χ2n) is 5.28. The Balaban J connectivity index is 1.56. The number of nitrogens with one attached hydrogen (secondary N) is 1. The lowest BCUT2D eigenvalue weighted by molar-refractivity contribution is -0.152. The first kappa shape index (κ1) is 17.7. The minimum atomic E-state index is -0.964. The molecule has 130 valence electrons. The van der Waals surface area contributed by atoms with Gasteiger partial charge in [0.2, 0.25) is 0 Å². The number of aromatic nitrogens is 2. The maximum atomic E-state index is 12.1. The van der Waals surface area contributed by atoms with Gasteiger partial charge >= 0.3 is 5.97 Å². The van der Waals surface area contributed by atoms with Crippen LogP contribution in [0.2, 0.25) is 10.0 Å². The van der Waals surface area contributed by atoms with Gasteiger partial charge in [0.1, 0.15) is 0 Å². The second-order valence-corrected chi connectivity index (χ2v) is 7.03. The molecular weight excluding hydrogens is 385 g/mol. The molecule has 1 atom stereocenters. The normalized spacial score (nSPS) is 12.1. The molecule has 0 saturated carbocycles. The number of carbonyl (C=O) groups excluding carboxylic acids is 2. The molecule has 2 aromatic heterocycles. The number of nitrogens with zero attached hydrogens (tertiary/aromatic N) is 2. The van der Waals surface area contributed by atoms with E-state index in [-0.39, 0.29) is 6.42 Å². The van der Waals surface area contributed by atoms with Crippen LogP contribution in [0.3, 0.4) is 0 Å². The minimum Gasteiger partial charge on any atom is -0.452 e. The van der Waals surface area contributed by atoms with Gasteiger partial charge in [-0.15, -0.1) is 11.3 Å². The van der Waals surface area contributed by atoms with E-state index in [2.05, 4.69) is 10.3 Å². The lowest BCUT2D eigenvalue weighted by Crippen LogP contribution is -2.30. The SMILES string of the molecule is CC(OC(=O)Cc1cn2ccsc2n1)C(=O)Nc1cc(Cl)cc(Cl)c1. The largest absolute Gasteiger partial charge is 0.452 e. The van der Waals surface area contributed by atoms with Gasteiger partial charge < -0.3 is 10.1 Å². The molecule has 0 aliphatic carbocycles. The van der Waals surface area contributed by atoms with Crippen LogP contribution >= 0.6 is 34.5 Å². The van der Waals surface area contributed by atoms with Gasteiger partial charge in [0.15, 0.2) is 11.1 Å². The van der Waals surface area contributed by atoms with Crippen molar-refractivity contribution < 1.29 is 14.3 Å². The number of benzene rings is 1. The van der Waals surface area contributed by atoms with E-state index in [0.717, 1.165) is 4.96 Å². The van der Waals surface area contributed by atoms with Gasteiger partial charge in [-0.2, -0.15) is 0 Å². The number of ether oxygens (including phenoxy) is 1. The summed E-state index contributed by atoms with van der Waals surface area (Å²) in [5.41, 5.74) is 1.02. The third kappa shape index (κ3) is 4.50. The van der Waals surface area contributed by atoms with E-state index in [0.29, 0.717) is 21.4 Å². The highest BCUT2D eigenvalue weighted by molar-refractivity contribution is 7.15. The monoisotopic (exact) mass is 397 g/mol. The third-order valence-electron chi connectivity index (χ3n) is 3.28. The first-order valence-corrected chi connectivity index (χ1v) is 8.92. The van der Waals surface area contributed by atoms with Crippen molar-refractivity contribution in [1.29, 1.82) is 0 Å². The Morgan fingerprint density at radius 2 is 2.04 bits per heavy atom. The van der Waals surface area contributed by atoms with Crippen molar-refractivity contribution in [2.24, 2.45) is 0 Å². The van der Waals surface area contributed by atoms with Crippen molar-refractivity contribution in [2.45, 2.75) is 19.4 Å². The molecule has 0 spiro atoms. The van der Waals surface area contributed by atoms with Crippen LogP contribution in [-0.2, 0) is 20.7 Å². The smallest absolute Gasteiger partial charge is 0.312 e. The molecule has 1 unspecified atom stereocenters. The van der Waals surface area contributed by atoms with E-state index in [9.17, 15) is 9.59 Å². The van der Waals surface area contributed by atoms with Crippen molar-refractivity contribution in [3.05, 3.63) is 51.7 Å². The average Bonchev–Trinajstić information content (AvgIpc) is 3.06. The zero-order valence-corrected chi connectivity index (χ0v) is 15.4. The highest BCUT2D eigenvalue weighted by Crippen LogP contribution is 2.22. The highest BCUT2D eigenvalue weighted by Gasteiger charge is 2.19. The molecule has 3 aromatic rings. The zero-order chi connectivity index (χ0) is 18.0. The van der Waals surface area contributed by atoms with Crippen LogP contribution < -0.4 is 5.32 Å². The number of fused-ring (bicyclic) bond motifs is 1. The molecule has 9 heteroatoms. The number of thiazole rings is 1. The number of carbonyl (C=O) groups is 2. The number of hydrogen-bond donors (Lipinski definition) is 1. The summed E-state index contributed by atoms with van der Waals surface area (Å²) in [5, 5.41) is 5.30. The third-order valence-corrected chi connectivity index (χ3v) is 4.48. The van der Waals surface area contributed by atoms with Crippen molar-refractivity contribution >= 4 is 57.1 Å². The lowest BCUT2D eigenvalue weighted by Gasteiger charge is -2.13. The van der Waals surface area contributed by atoms with Gasteiger partial charge in [-0.05, 0) is 25.1 Å². The number of rotatable bonds is 5. The van der Waals surface area contributed by atoms with Crippen LogP contribution in [-0.4, -0.2) is 27.4 Å². The van der Waals surface area contributed by atoms with E-state index >= 15 is 0 Å². The molecule has 6 nitrogen and oxygen atoms in total. The van der Waals surface area contributed by atoms with Crippen molar-refractivity contribution in [1.82, 2.24) is 9.38 Å². The molecule has 0 radical (unpaired) electrons. The molecule has 1 N–H and O–H groups in total. The molecule has 1 amide bonds. The summed E-state index contributed by atoms with van der Waals surface area (Å²) >= 11 is 13.2. The van der Waals surface area contributed by atoms with Crippen molar-refractivity contribution in [3.8, 4) is 0 Å². The lowest BCUT2D eigenvalue weighted by atomic mass is 10.3. The summed E-state index contributed by atoms with van der Waals surface area (Å²) in [5.74, 6) is -1.00. The Bertz CT molecular complexity index is 889. The summed E-state index contributed by atoms with van der Waals surface area (Å²) in [7, 11) is 0. The Morgan fingerprint density at radius 3 is 2.72 bits per heavy atom. The molecule has 0 saturated heterocycles. The Kier molecular flexibility index (Phi) is 5.27.